The molecule has 0 unspecified atom stereocenters. The highest BCUT2D eigenvalue weighted by Crippen LogP contribution is 2.17. The van der Waals surface area contributed by atoms with Gasteiger partial charge in [0.25, 0.3) is 0 Å². The van der Waals surface area contributed by atoms with Crippen molar-refractivity contribution < 1.29 is 9.82 Å². The van der Waals surface area contributed by atoms with E-state index in [1.807, 2.05) is 42.5 Å². The standard InChI is InChI=1S/C15H14BN3O2/c1-11(20)19-16(21)15-8-7-14(9-12(15)10-17-19)18-13-5-3-2-4-6-13/h2-10,18,21H,1H3. The maximum Gasteiger partial charge on any atom is 0.474 e. The maximum absolute atomic E-state index is 11.4. The molecule has 1 aliphatic heterocycles. The van der Waals surface area contributed by atoms with Gasteiger partial charge in [-0.25, -0.2) is 4.92 Å². The zero-order valence-electron chi connectivity index (χ0n) is 11.5. The summed E-state index contributed by atoms with van der Waals surface area (Å²) in [6.07, 6.45) is 1.58. The third-order valence-electron chi connectivity index (χ3n) is 3.30. The minimum Gasteiger partial charge on any atom is -0.427 e. The number of hydrazone groups is 1. The van der Waals surface area contributed by atoms with Crippen molar-refractivity contribution in [1.82, 2.24) is 4.92 Å². The number of benzene rings is 2. The van der Waals surface area contributed by atoms with Gasteiger partial charge < -0.3 is 10.3 Å². The number of nitrogens with zero attached hydrogens (tertiary/aromatic N) is 2. The molecule has 2 aromatic carbocycles. The van der Waals surface area contributed by atoms with Gasteiger partial charge in [-0.2, -0.15) is 5.10 Å². The predicted octanol–water partition coefficient (Wildman–Crippen LogP) is 1.31. The summed E-state index contributed by atoms with van der Waals surface area (Å²) in [7, 11) is -1.03. The molecule has 0 fully saturated rings. The van der Waals surface area contributed by atoms with Crippen LogP contribution in [0, 0.1) is 0 Å². The molecule has 5 nitrogen and oxygen atoms in total. The molecule has 0 saturated heterocycles. The Bertz CT molecular complexity index is 703. The molecule has 0 spiro atoms. The molecular formula is C15H14BN3O2. The summed E-state index contributed by atoms with van der Waals surface area (Å²) in [6, 6.07) is 15.4. The third kappa shape index (κ3) is 2.66. The van der Waals surface area contributed by atoms with Crippen molar-refractivity contribution in [1.29, 1.82) is 0 Å². The third-order valence-corrected chi connectivity index (χ3v) is 3.30. The van der Waals surface area contributed by atoms with E-state index in [1.165, 1.54) is 6.92 Å². The number of anilines is 2. The number of amides is 1. The molecule has 2 aromatic rings. The fourth-order valence-corrected chi connectivity index (χ4v) is 2.26. The summed E-state index contributed by atoms with van der Waals surface area (Å²) >= 11 is 0. The predicted molar refractivity (Wildman–Crippen MR) is 83.9 cm³/mol. The fourth-order valence-electron chi connectivity index (χ4n) is 2.26. The molecule has 1 aliphatic rings. The van der Waals surface area contributed by atoms with E-state index in [0.717, 1.165) is 21.9 Å². The first-order valence-electron chi connectivity index (χ1n) is 6.63. The molecular weight excluding hydrogens is 265 g/mol. The average Bonchev–Trinajstić information content (AvgIpc) is 2.48. The van der Waals surface area contributed by atoms with Crippen LogP contribution < -0.4 is 10.8 Å². The Hall–Kier alpha value is -2.60. The van der Waals surface area contributed by atoms with Crippen LogP contribution in [0.15, 0.2) is 53.6 Å². The van der Waals surface area contributed by atoms with Crippen molar-refractivity contribution in [2.24, 2.45) is 5.10 Å². The van der Waals surface area contributed by atoms with Crippen LogP contribution in [0.4, 0.5) is 11.4 Å². The van der Waals surface area contributed by atoms with E-state index < -0.39 is 7.05 Å². The second-order valence-electron chi connectivity index (χ2n) is 4.82. The quantitative estimate of drug-likeness (QED) is 0.815. The number of hydrogen-bond acceptors (Lipinski definition) is 4. The lowest BCUT2D eigenvalue weighted by Crippen LogP contribution is -2.51. The van der Waals surface area contributed by atoms with Gasteiger partial charge in [0.15, 0.2) is 0 Å². The average molecular weight is 279 g/mol. The van der Waals surface area contributed by atoms with E-state index in [0.29, 0.717) is 5.46 Å². The minimum absolute atomic E-state index is 0.295. The Balaban J connectivity index is 1.88. The topological polar surface area (TPSA) is 64.9 Å². The Morgan fingerprint density at radius 1 is 1.19 bits per heavy atom. The van der Waals surface area contributed by atoms with Gasteiger partial charge in [0.1, 0.15) is 0 Å². The molecule has 0 radical (unpaired) electrons. The molecule has 1 heterocycles. The molecule has 3 rings (SSSR count). The van der Waals surface area contributed by atoms with E-state index >= 15 is 0 Å². The number of fused-ring (bicyclic) bond motifs is 1. The number of carbonyl (C=O) groups is 1. The minimum atomic E-state index is -1.03. The largest absolute Gasteiger partial charge is 0.474 e. The highest BCUT2D eigenvalue weighted by molar-refractivity contribution is 6.67. The van der Waals surface area contributed by atoms with Gasteiger partial charge in [0, 0.05) is 18.3 Å². The number of carbonyl (C=O) groups excluding carboxylic acids is 1. The normalized spacial score (nSPS) is 13.0. The van der Waals surface area contributed by atoms with Crippen LogP contribution in [-0.2, 0) is 4.79 Å². The van der Waals surface area contributed by atoms with Gasteiger partial charge >= 0.3 is 7.05 Å². The zero-order chi connectivity index (χ0) is 14.8. The van der Waals surface area contributed by atoms with E-state index in [2.05, 4.69) is 10.4 Å². The van der Waals surface area contributed by atoms with Crippen LogP contribution in [0.1, 0.15) is 12.5 Å². The summed E-state index contributed by atoms with van der Waals surface area (Å²) in [5.41, 5.74) is 3.34. The second kappa shape index (κ2) is 5.42. The van der Waals surface area contributed by atoms with Gasteiger partial charge in [-0.3, -0.25) is 4.79 Å². The Morgan fingerprint density at radius 3 is 2.67 bits per heavy atom. The van der Waals surface area contributed by atoms with Gasteiger partial charge in [0.05, 0.1) is 6.21 Å². The van der Waals surface area contributed by atoms with E-state index in [9.17, 15) is 9.82 Å². The molecule has 2 N–H and O–H groups in total. The second-order valence-corrected chi connectivity index (χ2v) is 4.82. The molecule has 6 heteroatoms. The Morgan fingerprint density at radius 2 is 1.95 bits per heavy atom. The summed E-state index contributed by atoms with van der Waals surface area (Å²) in [5, 5.41) is 17.4. The lowest BCUT2D eigenvalue weighted by atomic mass is 9.69. The van der Waals surface area contributed by atoms with Crippen LogP contribution in [0.3, 0.4) is 0 Å². The first-order chi connectivity index (χ1) is 10.1. The lowest BCUT2D eigenvalue weighted by Gasteiger charge is -2.24. The molecule has 104 valence electrons. The van der Waals surface area contributed by atoms with Crippen LogP contribution in [-0.4, -0.2) is 29.1 Å². The Labute approximate surface area is 123 Å². The molecule has 0 bridgehead atoms. The van der Waals surface area contributed by atoms with Crippen molar-refractivity contribution in [3.63, 3.8) is 0 Å². The zero-order valence-corrected chi connectivity index (χ0v) is 11.5. The van der Waals surface area contributed by atoms with Crippen LogP contribution in [0.25, 0.3) is 0 Å². The van der Waals surface area contributed by atoms with Crippen LogP contribution >= 0.6 is 0 Å². The van der Waals surface area contributed by atoms with Crippen molar-refractivity contribution in [3.05, 3.63) is 54.1 Å². The summed E-state index contributed by atoms with van der Waals surface area (Å²) in [4.78, 5) is 12.4. The monoisotopic (exact) mass is 279 g/mol. The van der Waals surface area contributed by atoms with E-state index in [1.54, 1.807) is 12.3 Å². The number of nitrogens with one attached hydrogen (secondary N) is 1. The smallest absolute Gasteiger partial charge is 0.427 e. The molecule has 0 aromatic heterocycles. The van der Waals surface area contributed by atoms with Crippen LogP contribution in [0.5, 0.6) is 0 Å². The number of hydrogen-bond donors (Lipinski definition) is 2. The van der Waals surface area contributed by atoms with Crippen LogP contribution in [0.2, 0.25) is 0 Å². The first-order valence-corrected chi connectivity index (χ1v) is 6.63. The van der Waals surface area contributed by atoms with Gasteiger partial charge in [0.2, 0.25) is 5.91 Å². The van der Waals surface area contributed by atoms with E-state index in [-0.39, 0.29) is 5.91 Å². The summed E-state index contributed by atoms with van der Waals surface area (Å²) in [6.45, 7) is 1.37. The molecule has 0 atom stereocenters. The number of rotatable bonds is 2. The van der Waals surface area contributed by atoms with Crippen molar-refractivity contribution in [2.45, 2.75) is 6.92 Å². The van der Waals surface area contributed by atoms with Crippen molar-refractivity contribution in [2.75, 3.05) is 5.32 Å². The molecule has 21 heavy (non-hydrogen) atoms. The van der Waals surface area contributed by atoms with Crippen molar-refractivity contribution >= 4 is 36.0 Å². The SMILES string of the molecule is CC(=O)N1N=Cc2cc(Nc3ccccc3)ccc2B1O. The van der Waals surface area contributed by atoms with Gasteiger partial charge in [-0.1, -0.05) is 24.3 Å². The summed E-state index contributed by atoms with van der Waals surface area (Å²) in [5.74, 6) is -0.295. The number of para-hydroxylation sites is 1. The van der Waals surface area contributed by atoms with E-state index in [4.69, 9.17) is 0 Å². The lowest BCUT2D eigenvalue weighted by molar-refractivity contribution is -0.125. The highest BCUT2D eigenvalue weighted by Gasteiger charge is 2.31. The Kier molecular flexibility index (Phi) is 3.45. The fraction of sp³-hybridized carbons (Fsp3) is 0.0667. The first kappa shape index (κ1) is 13.4. The highest BCUT2D eigenvalue weighted by atomic mass is 16.2. The molecule has 1 amide bonds. The molecule has 0 saturated carbocycles. The molecule has 0 aliphatic carbocycles. The van der Waals surface area contributed by atoms with Crippen molar-refractivity contribution in [3.8, 4) is 0 Å². The maximum atomic E-state index is 11.4. The summed E-state index contributed by atoms with van der Waals surface area (Å²) < 4.78 is 0. The van der Waals surface area contributed by atoms with Gasteiger partial charge in [-0.15, -0.1) is 0 Å². The van der Waals surface area contributed by atoms with Gasteiger partial charge in [-0.05, 0) is 35.3 Å².